The summed E-state index contributed by atoms with van der Waals surface area (Å²) in [7, 11) is 1.75. The molecule has 0 unspecified atom stereocenters. The van der Waals surface area contributed by atoms with Gasteiger partial charge >= 0.3 is 5.97 Å². The van der Waals surface area contributed by atoms with E-state index in [0.29, 0.717) is 24.6 Å². The molecule has 160 valence electrons. The van der Waals surface area contributed by atoms with Gasteiger partial charge in [0, 0.05) is 49.2 Å². The zero-order valence-electron chi connectivity index (χ0n) is 15.9. The van der Waals surface area contributed by atoms with E-state index in [9.17, 15) is 14.0 Å². The van der Waals surface area contributed by atoms with Gasteiger partial charge in [-0.15, -0.1) is 0 Å². The molecule has 1 fully saturated rings. The molecule has 0 atom stereocenters. The molecule has 9 nitrogen and oxygen atoms in total. The summed E-state index contributed by atoms with van der Waals surface area (Å²) in [5.74, 6) is -1.17. The Hall–Kier alpha value is -3.56. The summed E-state index contributed by atoms with van der Waals surface area (Å²) >= 11 is 0. The molecule has 1 amide bonds. The van der Waals surface area contributed by atoms with Gasteiger partial charge in [-0.3, -0.25) is 15.0 Å². The molecule has 3 rings (SSSR count). The molecule has 1 aliphatic heterocycles. The van der Waals surface area contributed by atoms with Crippen molar-refractivity contribution in [2.75, 3.05) is 31.6 Å². The molecule has 1 saturated heterocycles. The summed E-state index contributed by atoms with van der Waals surface area (Å²) in [6.07, 6.45) is 2.65. The predicted octanol–water partition coefficient (Wildman–Crippen LogP) is 1.57. The highest BCUT2D eigenvalue weighted by Crippen LogP contribution is 2.25. The van der Waals surface area contributed by atoms with Crippen molar-refractivity contribution in [1.82, 2.24) is 14.9 Å². The van der Waals surface area contributed by atoms with Gasteiger partial charge in [0.05, 0.1) is 6.54 Å². The first-order chi connectivity index (χ1) is 13.8. The topological polar surface area (TPSA) is 126 Å². The van der Waals surface area contributed by atoms with E-state index in [1.807, 2.05) is 0 Å². The molecular weight excluding hydrogens is 391 g/mol. The van der Waals surface area contributed by atoms with Crippen molar-refractivity contribution >= 4 is 23.7 Å². The van der Waals surface area contributed by atoms with Crippen molar-refractivity contribution in [2.45, 2.75) is 20.5 Å². The van der Waals surface area contributed by atoms with Crippen LogP contribution in [-0.2, 0) is 20.9 Å². The largest absolute Gasteiger partial charge is 0.460 e. The molecule has 0 spiro atoms. The van der Waals surface area contributed by atoms with Crippen molar-refractivity contribution in [3.8, 4) is 11.1 Å². The van der Waals surface area contributed by atoms with Crippen LogP contribution < -0.4 is 10.6 Å². The Kier molecular flexibility index (Phi) is 7.40. The fourth-order valence-corrected chi connectivity index (χ4v) is 2.83. The van der Waals surface area contributed by atoms with E-state index in [1.165, 1.54) is 18.5 Å². The molecule has 0 aliphatic carbocycles. The van der Waals surface area contributed by atoms with Crippen molar-refractivity contribution < 1.29 is 18.7 Å². The fraction of sp³-hybridized carbons (Fsp3) is 0.350. The number of carbonyl (C=O) groups excluding carboxylic acids is 2. The Bertz CT molecular complexity index is 935. The SMILES string of the molecule is C.CN1CCN(c2ncc(-c3cccc(COC(=O)CC(=N)N)c3F)cn2)CC1=O. The summed E-state index contributed by atoms with van der Waals surface area (Å²) in [6.45, 7) is 1.14. The van der Waals surface area contributed by atoms with Crippen LogP contribution in [0.3, 0.4) is 0 Å². The molecule has 0 radical (unpaired) electrons. The van der Waals surface area contributed by atoms with Gasteiger partial charge in [0.25, 0.3) is 0 Å². The summed E-state index contributed by atoms with van der Waals surface area (Å²) in [6, 6.07) is 4.72. The third-order valence-electron chi connectivity index (χ3n) is 4.49. The zero-order chi connectivity index (χ0) is 21.0. The maximum absolute atomic E-state index is 14.8. The number of anilines is 1. The Labute approximate surface area is 174 Å². The Morgan fingerprint density at radius 1 is 1.30 bits per heavy atom. The Balaban J connectivity index is 0.00000320. The number of piperazine rings is 1. The number of nitrogens with one attached hydrogen (secondary N) is 1. The number of ether oxygens (including phenoxy) is 1. The lowest BCUT2D eigenvalue weighted by Gasteiger charge is -2.31. The maximum Gasteiger partial charge on any atom is 0.313 e. The Morgan fingerprint density at radius 2 is 2.00 bits per heavy atom. The number of benzene rings is 1. The molecule has 10 heteroatoms. The van der Waals surface area contributed by atoms with Gasteiger partial charge in [0.2, 0.25) is 11.9 Å². The van der Waals surface area contributed by atoms with Crippen molar-refractivity contribution in [3.05, 3.63) is 42.0 Å². The van der Waals surface area contributed by atoms with Crippen LogP contribution in [0.2, 0.25) is 0 Å². The highest BCUT2D eigenvalue weighted by atomic mass is 19.1. The number of hydrogen-bond acceptors (Lipinski definition) is 7. The minimum absolute atomic E-state index is 0. The number of halogens is 1. The number of likely N-dealkylation sites (N-methyl/N-ethyl adjacent to an activating group) is 1. The highest BCUT2D eigenvalue weighted by Gasteiger charge is 2.23. The number of nitrogens with zero attached hydrogens (tertiary/aromatic N) is 4. The van der Waals surface area contributed by atoms with E-state index in [0.717, 1.165) is 0 Å². The van der Waals surface area contributed by atoms with Crippen molar-refractivity contribution in [2.24, 2.45) is 5.73 Å². The third kappa shape index (κ3) is 5.28. The number of aromatic nitrogens is 2. The molecule has 30 heavy (non-hydrogen) atoms. The second-order valence-corrected chi connectivity index (χ2v) is 6.65. The van der Waals surface area contributed by atoms with Gasteiger partial charge in [-0.25, -0.2) is 14.4 Å². The summed E-state index contributed by atoms with van der Waals surface area (Å²) in [5, 5.41) is 7.07. The van der Waals surface area contributed by atoms with Gasteiger partial charge in [-0.05, 0) is 0 Å². The number of rotatable bonds is 6. The lowest BCUT2D eigenvalue weighted by molar-refractivity contribution is -0.143. The normalized spacial score (nSPS) is 13.6. The predicted molar refractivity (Wildman–Crippen MR) is 110 cm³/mol. The molecule has 0 saturated carbocycles. The number of esters is 1. The lowest BCUT2D eigenvalue weighted by Crippen LogP contribution is -2.49. The highest BCUT2D eigenvalue weighted by molar-refractivity contribution is 5.94. The average Bonchev–Trinajstić information content (AvgIpc) is 2.69. The molecule has 1 aromatic heterocycles. The van der Waals surface area contributed by atoms with E-state index in [2.05, 4.69) is 9.97 Å². The van der Waals surface area contributed by atoms with E-state index in [4.69, 9.17) is 15.9 Å². The van der Waals surface area contributed by atoms with Crippen molar-refractivity contribution in [3.63, 3.8) is 0 Å². The van der Waals surface area contributed by atoms with E-state index < -0.39 is 11.8 Å². The van der Waals surface area contributed by atoms with E-state index in [1.54, 1.807) is 29.0 Å². The van der Waals surface area contributed by atoms with Crippen LogP contribution in [0.25, 0.3) is 11.1 Å². The summed E-state index contributed by atoms with van der Waals surface area (Å²) in [4.78, 5) is 35.3. The van der Waals surface area contributed by atoms with Gasteiger partial charge in [0.1, 0.15) is 24.7 Å². The standard InChI is InChI=1S/C19H21FN6O3.CH4/c1-25-5-6-26(10-16(25)27)19-23-8-13(9-24-19)14-4-2-3-12(18(14)20)11-29-17(28)7-15(21)22;/h2-4,8-9H,5-7,10-11H2,1H3,(H3,21,22);1H4. The maximum atomic E-state index is 14.8. The van der Waals surface area contributed by atoms with Crippen LogP contribution in [0.5, 0.6) is 0 Å². The van der Waals surface area contributed by atoms with E-state index >= 15 is 0 Å². The first kappa shape index (κ1) is 22.7. The van der Waals surface area contributed by atoms with Crippen LogP contribution in [0.15, 0.2) is 30.6 Å². The number of nitrogens with two attached hydrogens (primary N) is 1. The minimum atomic E-state index is -0.697. The summed E-state index contributed by atoms with van der Waals surface area (Å²) < 4.78 is 19.8. The Morgan fingerprint density at radius 3 is 2.63 bits per heavy atom. The number of carbonyl (C=O) groups is 2. The minimum Gasteiger partial charge on any atom is -0.460 e. The third-order valence-corrected chi connectivity index (χ3v) is 4.49. The number of hydrogen-bond donors (Lipinski definition) is 2. The van der Waals surface area contributed by atoms with Gasteiger partial charge in [-0.2, -0.15) is 0 Å². The number of amidine groups is 1. The zero-order valence-corrected chi connectivity index (χ0v) is 15.9. The van der Waals surface area contributed by atoms with Gasteiger partial charge in [-0.1, -0.05) is 25.6 Å². The molecule has 2 heterocycles. The van der Waals surface area contributed by atoms with Gasteiger partial charge in [0.15, 0.2) is 0 Å². The van der Waals surface area contributed by atoms with Crippen molar-refractivity contribution in [1.29, 1.82) is 5.41 Å². The van der Waals surface area contributed by atoms with Crippen LogP contribution in [0.4, 0.5) is 10.3 Å². The summed E-state index contributed by atoms with van der Waals surface area (Å²) in [5.41, 5.74) is 6.06. The number of amides is 1. The first-order valence-corrected chi connectivity index (χ1v) is 8.92. The van der Waals surface area contributed by atoms with E-state index in [-0.39, 0.29) is 49.9 Å². The van der Waals surface area contributed by atoms with Crippen LogP contribution >= 0.6 is 0 Å². The quantitative estimate of drug-likeness (QED) is 0.416. The first-order valence-electron chi connectivity index (χ1n) is 8.92. The fourth-order valence-electron chi connectivity index (χ4n) is 2.83. The van der Waals surface area contributed by atoms with Gasteiger partial charge < -0.3 is 20.3 Å². The second kappa shape index (κ2) is 9.77. The lowest BCUT2D eigenvalue weighted by atomic mass is 10.1. The average molecular weight is 416 g/mol. The molecule has 3 N–H and O–H groups in total. The molecule has 0 bridgehead atoms. The molecule has 1 aromatic carbocycles. The van der Waals surface area contributed by atoms with Crippen LogP contribution in [0, 0.1) is 11.2 Å². The monoisotopic (exact) mass is 416 g/mol. The molecular formula is C20H25FN6O3. The van der Waals surface area contributed by atoms with Crippen LogP contribution in [-0.4, -0.2) is 59.3 Å². The smallest absolute Gasteiger partial charge is 0.313 e. The second-order valence-electron chi connectivity index (χ2n) is 6.65. The molecule has 1 aliphatic rings. The molecule has 2 aromatic rings. The van der Waals surface area contributed by atoms with Crippen LogP contribution in [0.1, 0.15) is 19.4 Å².